The summed E-state index contributed by atoms with van der Waals surface area (Å²) < 4.78 is 18.5. The van der Waals surface area contributed by atoms with E-state index in [4.69, 9.17) is 19.2 Å². The van der Waals surface area contributed by atoms with E-state index in [-0.39, 0.29) is 5.97 Å². The molecule has 7 heteroatoms. The Hall–Kier alpha value is -3.06. The van der Waals surface area contributed by atoms with Crippen LogP contribution in [0.5, 0.6) is 11.5 Å². The Balaban J connectivity index is 1.46. The fourth-order valence-electron chi connectivity index (χ4n) is 4.85. The van der Waals surface area contributed by atoms with Crippen molar-refractivity contribution >= 4 is 17.0 Å². The van der Waals surface area contributed by atoms with Gasteiger partial charge in [0.2, 0.25) is 0 Å². The van der Waals surface area contributed by atoms with Crippen LogP contribution in [0.2, 0.25) is 0 Å². The van der Waals surface area contributed by atoms with Gasteiger partial charge in [0, 0.05) is 24.6 Å². The zero-order valence-electron chi connectivity index (χ0n) is 21.7. The first kappa shape index (κ1) is 26.0. The lowest BCUT2D eigenvalue weighted by Gasteiger charge is -2.26. The highest BCUT2D eigenvalue weighted by atomic mass is 16.5. The number of aryl methyl sites for hydroxylation is 1. The maximum Gasteiger partial charge on any atom is 0.305 e. The van der Waals surface area contributed by atoms with Crippen molar-refractivity contribution in [3.05, 3.63) is 42.5 Å². The fourth-order valence-corrected chi connectivity index (χ4v) is 4.85. The summed E-state index contributed by atoms with van der Waals surface area (Å²) in [5.74, 6) is 2.52. The van der Waals surface area contributed by atoms with E-state index in [1.807, 2.05) is 18.2 Å². The zero-order valence-corrected chi connectivity index (χ0v) is 21.7. The maximum absolute atomic E-state index is 11.3. The molecular formula is C29H39N3O4. The van der Waals surface area contributed by atoms with Crippen LogP contribution in [0.3, 0.4) is 0 Å². The summed E-state index contributed by atoms with van der Waals surface area (Å²) in [6, 6.07) is 14.3. The molecule has 0 atom stereocenters. The first-order valence-electron chi connectivity index (χ1n) is 13.2. The fraction of sp³-hybridized carbons (Fsp3) is 0.517. The molecule has 7 nitrogen and oxygen atoms in total. The van der Waals surface area contributed by atoms with Crippen molar-refractivity contribution < 1.29 is 19.0 Å². The van der Waals surface area contributed by atoms with Crippen molar-refractivity contribution in [3.8, 4) is 22.9 Å². The molecule has 3 aromatic rings. The number of nitrogens with zero attached hydrogens (tertiary/aromatic N) is 3. The van der Waals surface area contributed by atoms with Gasteiger partial charge in [0.1, 0.15) is 17.3 Å². The van der Waals surface area contributed by atoms with Gasteiger partial charge in [-0.3, -0.25) is 4.79 Å². The predicted octanol–water partition coefficient (Wildman–Crippen LogP) is 5.70. The van der Waals surface area contributed by atoms with Gasteiger partial charge in [-0.1, -0.05) is 6.42 Å². The Morgan fingerprint density at radius 3 is 2.42 bits per heavy atom. The van der Waals surface area contributed by atoms with E-state index in [1.54, 1.807) is 7.11 Å². The molecule has 194 valence electrons. The number of benzene rings is 2. The van der Waals surface area contributed by atoms with Crippen LogP contribution in [0.1, 0.15) is 51.4 Å². The SMILES string of the molecule is COC(=O)CCCCCOc1ccc2nc(-c3ccc(OC)cc3)n(CCCN3CCCCC3)c2c1. The van der Waals surface area contributed by atoms with Gasteiger partial charge in [-0.2, -0.15) is 0 Å². The normalized spacial score (nSPS) is 14.2. The van der Waals surface area contributed by atoms with Gasteiger partial charge in [-0.25, -0.2) is 4.98 Å². The summed E-state index contributed by atoms with van der Waals surface area (Å²) >= 11 is 0. The summed E-state index contributed by atoms with van der Waals surface area (Å²) in [7, 11) is 3.12. The summed E-state index contributed by atoms with van der Waals surface area (Å²) in [6.45, 7) is 5.08. The maximum atomic E-state index is 11.3. The highest BCUT2D eigenvalue weighted by Gasteiger charge is 2.15. The first-order chi connectivity index (χ1) is 17.7. The van der Waals surface area contributed by atoms with E-state index >= 15 is 0 Å². The third-order valence-electron chi connectivity index (χ3n) is 6.89. The number of hydrogen-bond donors (Lipinski definition) is 0. The number of ether oxygens (including phenoxy) is 3. The molecule has 4 rings (SSSR count). The predicted molar refractivity (Wildman–Crippen MR) is 143 cm³/mol. The quantitative estimate of drug-likeness (QED) is 0.225. The van der Waals surface area contributed by atoms with Crippen LogP contribution in [-0.2, 0) is 16.1 Å². The number of unbranched alkanes of at least 4 members (excludes halogenated alkanes) is 2. The van der Waals surface area contributed by atoms with Gasteiger partial charge in [0.25, 0.3) is 0 Å². The molecule has 1 saturated heterocycles. The topological polar surface area (TPSA) is 65.8 Å². The number of rotatable bonds is 13. The Morgan fingerprint density at radius 1 is 0.889 bits per heavy atom. The lowest BCUT2D eigenvalue weighted by Crippen LogP contribution is -2.31. The van der Waals surface area contributed by atoms with Gasteiger partial charge in [-0.05, 0) is 94.6 Å². The van der Waals surface area contributed by atoms with Crippen LogP contribution in [0, 0.1) is 0 Å². The number of carbonyl (C=O) groups excluding carboxylic acids is 1. The molecule has 0 aliphatic carbocycles. The van der Waals surface area contributed by atoms with Crippen LogP contribution < -0.4 is 9.47 Å². The second kappa shape index (κ2) is 13.3. The molecule has 1 aliphatic rings. The average molecular weight is 494 g/mol. The molecular weight excluding hydrogens is 454 g/mol. The number of esters is 1. The Kier molecular flexibility index (Phi) is 9.61. The number of carbonyl (C=O) groups is 1. The van der Waals surface area contributed by atoms with Gasteiger partial charge < -0.3 is 23.7 Å². The van der Waals surface area contributed by atoms with E-state index < -0.39 is 0 Å². The highest BCUT2D eigenvalue weighted by molar-refractivity contribution is 5.82. The van der Waals surface area contributed by atoms with Crippen molar-refractivity contribution in [1.29, 1.82) is 0 Å². The Labute approximate surface area is 214 Å². The van der Waals surface area contributed by atoms with Gasteiger partial charge >= 0.3 is 5.97 Å². The van der Waals surface area contributed by atoms with Crippen molar-refractivity contribution in [2.45, 2.75) is 57.9 Å². The molecule has 0 unspecified atom stereocenters. The minimum atomic E-state index is -0.150. The van der Waals surface area contributed by atoms with Gasteiger partial charge in [0.15, 0.2) is 0 Å². The van der Waals surface area contributed by atoms with E-state index in [1.165, 1.54) is 39.5 Å². The van der Waals surface area contributed by atoms with E-state index in [9.17, 15) is 4.79 Å². The van der Waals surface area contributed by atoms with Crippen molar-refractivity contribution in [1.82, 2.24) is 14.5 Å². The summed E-state index contributed by atoms with van der Waals surface area (Å²) in [4.78, 5) is 18.8. The summed E-state index contributed by atoms with van der Waals surface area (Å²) in [5.41, 5.74) is 3.16. The number of piperidine rings is 1. The molecule has 2 aromatic carbocycles. The summed E-state index contributed by atoms with van der Waals surface area (Å²) in [6.07, 6.45) is 8.20. The molecule has 1 fully saturated rings. The van der Waals surface area contributed by atoms with Crippen LogP contribution in [0.4, 0.5) is 0 Å². The highest BCUT2D eigenvalue weighted by Crippen LogP contribution is 2.29. The Bertz CT molecular complexity index is 1100. The van der Waals surface area contributed by atoms with E-state index in [0.717, 1.165) is 72.7 Å². The standard InChI is InChI=1S/C29H39N3O4/c1-34-24-13-11-23(12-14-24)29-30-26-16-15-25(36-21-8-3-5-10-28(33)35-2)22-27(26)32(29)20-9-19-31-17-6-4-7-18-31/h11-16,22H,3-10,17-21H2,1-2H3. The Morgan fingerprint density at radius 2 is 1.67 bits per heavy atom. The van der Waals surface area contributed by atoms with Gasteiger partial charge in [-0.15, -0.1) is 0 Å². The molecule has 0 saturated carbocycles. The average Bonchev–Trinajstić information content (AvgIpc) is 3.28. The van der Waals surface area contributed by atoms with E-state index in [0.29, 0.717) is 13.0 Å². The lowest BCUT2D eigenvalue weighted by molar-refractivity contribution is -0.140. The van der Waals surface area contributed by atoms with Crippen molar-refractivity contribution in [3.63, 3.8) is 0 Å². The summed E-state index contributed by atoms with van der Waals surface area (Å²) in [5, 5.41) is 0. The molecule has 0 bridgehead atoms. The molecule has 2 heterocycles. The third-order valence-corrected chi connectivity index (χ3v) is 6.89. The molecule has 0 spiro atoms. The minimum absolute atomic E-state index is 0.150. The molecule has 1 aliphatic heterocycles. The monoisotopic (exact) mass is 493 g/mol. The van der Waals surface area contributed by atoms with Crippen LogP contribution in [-0.4, -0.2) is 60.9 Å². The largest absolute Gasteiger partial charge is 0.497 e. The lowest BCUT2D eigenvalue weighted by atomic mass is 10.1. The first-order valence-corrected chi connectivity index (χ1v) is 13.2. The van der Waals surface area contributed by atoms with Gasteiger partial charge in [0.05, 0.1) is 31.9 Å². The molecule has 1 aromatic heterocycles. The smallest absolute Gasteiger partial charge is 0.305 e. The zero-order chi connectivity index (χ0) is 25.2. The van der Waals surface area contributed by atoms with Crippen LogP contribution in [0.25, 0.3) is 22.4 Å². The van der Waals surface area contributed by atoms with E-state index in [2.05, 4.69) is 33.7 Å². The van der Waals surface area contributed by atoms with Crippen molar-refractivity contribution in [2.24, 2.45) is 0 Å². The number of likely N-dealkylation sites (tertiary alicyclic amines) is 1. The molecule has 36 heavy (non-hydrogen) atoms. The number of imidazole rings is 1. The minimum Gasteiger partial charge on any atom is -0.497 e. The van der Waals surface area contributed by atoms with Crippen molar-refractivity contribution in [2.75, 3.05) is 40.5 Å². The second-order valence-electron chi connectivity index (χ2n) is 9.46. The number of methoxy groups -OCH3 is 2. The second-order valence-corrected chi connectivity index (χ2v) is 9.46. The molecule has 0 N–H and O–H groups in total. The van der Waals surface area contributed by atoms with Crippen LogP contribution in [0.15, 0.2) is 42.5 Å². The number of aromatic nitrogens is 2. The number of fused-ring (bicyclic) bond motifs is 1. The molecule has 0 amide bonds. The van der Waals surface area contributed by atoms with Crippen LogP contribution >= 0.6 is 0 Å². The number of hydrogen-bond acceptors (Lipinski definition) is 6. The molecule has 0 radical (unpaired) electrons. The third kappa shape index (κ3) is 7.00.